The highest BCUT2D eigenvalue weighted by atomic mass is 16.2. The lowest BCUT2D eigenvalue weighted by atomic mass is 9.64. The van der Waals surface area contributed by atoms with Crippen LogP contribution in [0.25, 0.3) is 0 Å². The van der Waals surface area contributed by atoms with E-state index in [0.717, 1.165) is 11.3 Å². The second-order valence-corrected chi connectivity index (χ2v) is 10.6. The molecular weight excluding hydrogens is 398 g/mol. The molecule has 0 aromatic heterocycles. The first-order valence-electron chi connectivity index (χ1n) is 11.3. The zero-order valence-electron chi connectivity index (χ0n) is 19.5. The Kier molecular flexibility index (Phi) is 6.64. The largest absolute Gasteiger partial charge is 0.353 e. The molecule has 31 heavy (non-hydrogen) atoms. The molecule has 3 aliphatic rings. The van der Waals surface area contributed by atoms with Crippen molar-refractivity contribution in [1.29, 1.82) is 0 Å². The normalized spacial score (nSPS) is 28.9. The molecule has 1 spiro atoms. The lowest BCUT2D eigenvalue weighted by molar-refractivity contribution is -0.141. The molecule has 9 nitrogen and oxygen atoms in total. The third kappa shape index (κ3) is 5.37. The Morgan fingerprint density at radius 3 is 2.32 bits per heavy atom. The van der Waals surface area contributed by atoms with Crippen LogP contribution in [0.2, 0.25) is 0 Å². The van der Waals surface area contributed by atoms with Crippen LogP contribution in [0.3, 0.4) is 0 Å². The van der Waals surface area contributed by atoms with E-state index in [1.165, 1.54) is 0 Å². The monoisotopic (exact) mass is 435 g/mol. The minimum atomic E-state index is -0.888. The van der Waals surface area contributed by atoms with E-state index in [1.807, 2.05) is 18.7 Å². The smallest absolute Gasteiger partial charge is 0.325 e. The summed E-state index contributed by atoms with van der Waals surface area (Å²) in [4.78, 5) is 55.4. The van der Waals surface area contributed by atoms with Gasteiger partial charge in [0.1, 0.15) is 12.1 Å². The summed E-state index contributed by atoms with van der Waals surface area (Å²) in [5.74, 6) is -0.196. The Morgan fingerprint density at radius 1 is 1.10 bits per heavy atom. The Bertz CT molecular complexity index is 744. The van der Waals surface area contributed by atoms with Gasteiger partial charge in [0.05, 0.1) is 6.54 Å². The van der Waals surface area contributed by atoms with Crippen LogP contribution < -0.4 is 10.6 Å². The molecular formula is C22H37N5O4. The second kappa shape index (κ2) is 8.76. The fourth-order valence-electron chi connectivity index (χ4n) is 5.61. The Balaban J connectivity index is 1.55. The zero-order valence-corrected chi connectivity index (χ0v) is 19.5. The first-order chi connectivity index (χ1) is 14.4. The molecule has 0 aromatic rings. The zero-order chi connectivity index (χ0) is 23.0. The van der Waals surface area contributed by atoms with Crippen LogP contribution in [0, 0.1) is 11.3 Å². The molecule has 0 radical (unpaired) electrons. The van der Waals surface area contributed by atoms with Gasteiger partial charge in [0, 0.05) is 32.2 Å². The lowest BCUT2D eigenvalue weighted by Gasteiger charge is -2.43. The van der Waals surface area contributed by atoms with Crippen molar-refractivity contribution < 1.29 is 19.2 Å². The van der Waals surface area contributed by atoms with Crippen molar-refractivity contribution in [3.05, 3.63) is 0 Å². The number of hydrogen-bond donors (Lipinski definition) is 2. The Hall–Kier alpha value is -2.16. The number of rotatable bonds is 5. The molecule has 2 heterocycles. The van der Waals surface area contributed by atoms with Crippen LogP contribution >= 0.6 is 0 Å². The fraction of sp³-hybridized carbons (Fsp3) is 0.818. The van der Waals surface area contributed by atoms with Crippen LogP contribution in [-0.2, 0) is 14.4 Å². The number of piperazine rings is 1. The summed E-state index contributed by atoms with van der Waals surface area (Å²) in [6.07, 6.45) is 2.22. The highest BCUT2D eigenvalue weighted by molar-refractivity contribution is 6.09. The van der Waals surface area contributed by atoms with Gasteiger partial charge in [-0.1, -0.05) is 20.8 Å². The third-order valence-corrected chi connectivity index (χ3v) is 6.46. The van der Waals surface area contributed by atoms with Crippen molar-refractivity contribution in [2.75, 3.05) is 39.3 Å². The number of nitrogens with one attached hydrogen (secondary N) is 2. The molecule has 1 aliphatic carbocycles. The molecule has 3 rings (SSSR count). The number of urea groups is 1. The second-order valence-electron chi connectivity index (χ2n) is 10.6. The maximum Gasteiger partial charge on any atom is 0.325 e. The first-order valence-corrected chi connectivity index (χ1v) is 11.3. The third-order valence-electron chi connectivity index (χ3n) is 6.46. The predicted molar refractivity (Wildman–Crippen MR) is 116 cm³/mol. The molecule has 0 bridgehead atoms. The van der Waals surface area contributed by atoms with Crippen LogP contribution in [0.1, 0.15) is 53.9 Å². The van der Waals surface area contributed by atoms with Gasteiger partial charge in [0.2, 0.25) is 11.8 Å². The van der Waals surface area contributed by atoms with Crippen molar-refractivity contribution >= 4 is 23.8 Å². The van der Waals surface area contributed by atoms with E-state index in [2.05, 4.69) is 31.4 Å². The van der Waals surface area contributed by atoms with E-state index in [-0.39, 0.29) is 35.7 Å². The van der Waals surface area contributed by atoms with Crippen LogP contribution in [-0.4, -0.2) is 89.3 Å². The van der Waals surface area contributed by atoms with Crippen molar-refractivity contribution in [3.8, 4) is 0 Å². The molecule has 2 aliphatic heterocycles. The average Bonchev–Trinajstić information content (AvgIpc) is 2.83. The van der Waals surface area contributed by atoms with Crippen molar-refractivity contribution in [2.45, 2.75) is 65.5 Å². The Labute approximate surface area is 184 Å². The van der Waals surface area contributed by atoms with Crippen LogP contribution in [0.15, 0.2) is 0 Å². The molecule has 2 N–H and O–H groups in total. The van der Waals surface area contributed by atoms with E-state index in [1.54, 1.807) is 4.90 Å². The number of amides is 5. The molecule has 1 saturated carbocycles. The van der Waals surface area contributed by atoms with Gasteiger partial charge in [-0.2, -0.15) is 0 Å². The molecule has 5 amide bonds. The van der Waals surface area contributed by atoms with Gasteiger partial charge in [0.25, 0.3) is 5.91 Å². The van der Waals surface area contributed by atoms with Crippen molar-refractivity contribution in [1.82, 2.24) is 25.3 Å². The maximum atomic E-state index is 13.2. The van der Waals surface area contributed by atoms with Crippen molar-refractivity contribution in [2.24, 2.45) is 11.3 Å². The Morgan fingerprint density at radius 2 is 1.74 bits per heavy atom. The van der Waals surface area contributed by atoms with Gasteiger partial charge in [0.15, 0.2) is 0 Å². The SMILES string of the molecule is CC1CC(C)(C)CC2(C1)NC(=O)N(CC(=O)N1CCN(CC(=O)NC(C)C)CC1)C2=O. The number of carbonyl (C=O) groups is 4. The minimum absolute atomic E-state index is 0.0240. The van der Waals surface area contributed by atoms with E-state index in [0.29, 0.717) is 51.5 Å². The summed E-state index contributed by atoms with van der Waals surface area (Å²) in [6, 6.07) is -0.368. The number of imide groups is 1. The summed E-state index contributed by atoms with van der Waals surface area (Å²) in [6.45, 7) is 12.4. The average molecular weight is 436 g/mol. The topological polar surface area (TPSA) is 102 Å². The quantitative estimate of drug-likeness (QED) is 0.622. The summed E-state index contributed by atoms with van der Waals surface area (Å²) in [5.41, 5.74) is -0.931. The van der Waals surface area contributed by atoms with Gasteiger partial charge in [-0.05, 0) is 44.4 Å². The summed E-state index contributed by atoms with van der Waals surface area (Å²) >= 11 is 0. The molecule has 2 unspecified atom stereocenters. The molecule has 9 heteroatoms. The van der Waals surface area contributed by atoms with Gasteiger partial charge >= 0.3 is 6.03 Å². The van der Waals surface area contributed by atoms with E-state index in [4.69, 9.17) is 0 Å². The molecule has 2 atom stereocenters. The van der Waals surface area contributed by atoms with E-state index in [9.17, 15) is 19.2 Å². The number of carbonyl (C=O) groups excluding carboxylic acids is 4. The maximum absolute atomic E-state index is 13.2. The standard InChI is InChI=1S/C22H37N5O4/c1-15(2)23-17(28)12-25-6-8-26(9-7-25)18(29)13-27-19(30)22(24-20(27)31)11-16(3)10-21(4,5)14-22/h15-16H,6-14H2,1-5H3,(H,23,28)(H,24,31). The van der Waals surface area contributed by atoms with Crippen LogP contribution in [0.5, 0.6) is 0 Å². The van der Waals surface area contributed by atoms with Gasteiger partial charge in [-0.15, -0.1) is 0 Å². The highest BCUT2D eigenvalue weighted by Gasteiger charge is 2.56. The lowest BCUT2D eigenvalue weighted by Crippen LogP contribution is -2.55. The molecule has 174 valence electrons. The number of nitrogens with zero attached hydrogens (tertiary/aromatic N) is 3. The van der Waals surface area contributed by atoms with Crippen LogP contribution in [0.4, 0.5) is 4.79 Å². The van der Waals surface area contributed by atoms with Crippen molar-refractivity contribution in [3.63, 3.8) is 0 Å². The minimum Gasteiger partial charge on any atom is -0.353 e. The molecule has 3 fully saturated rings. The molecule has 2 saturated heterocycles. The van der Waals surface area contributed by atoms with E-state index >= 15 is 0 Å². The highest BCUT2D eigenvalue weighted by Crippen LogP contribution is 2.46. The van der Waals surface area contributed by atoms with E-state index < -0.39 is 11.6 Å². The summed E-state index contributed by atoms with van der Waals surface area (Å²) < 4.78 is 0. The number of hydrogen-bond acceptors (Lipinski definition) is 5. The predicted octanol–water partition coefficient (Wildman–Crippen LogP) is 0.792. The van der Waals surface area contributed by atoms with Gasteiger partial charge < -0.3 is 15.5 Å². The molecule has 0 aromatic carbocycles. The first kappa shape index (κ1) is 23.5. The van der Waals surface area contributed by atoms with Gasteiger partial charge in [-0.25, -0.2) is 4.79 Å². The summed E-state index contributed by atoms with van der Waals surface area (Å²) in [5, 5.41) is 5.79. The summed E-state index contributed by atoms with van der Waals surface area (Å²) in [7, 11) is 0. The fourth-order valence-corrected chi connectivity index (χ4v) is 5.61. The van der Waals surface area contributed by atoms with Gasteiger partial charge in [-0.3, -0.25) is 24.2 Å².